The fourth-order valence-electron chi connectivity index (χ4n) is 3.31. The van der Waals surface area contributed by atoms with Gasteiger partial charge in [-0.05, 0) is 29.8 Å². The molecule has 5 rings (SSSR count). The molecule has 0 bridgehead atoms. The molecule has 3 N–H and O–H groups in total. The van der Waals surface area contributed by atoms with Gasteiger partial charge in [0, 0.05) is 25.4 Å². The van der Waals surface area contributed by atoms with E-state index < -0.39 is 18.0 Å². The summed E-state index contributed by atoms with van der Waals surface area (Å²) in [6, 6.07) is 7.18. The number of rotatable bonds is 2. The first kappa shape index (κ1) is 19.2. The van der Waals surface area contributed by atoms with Crippen LogP contribution >= 0.6 is 0 Å². The first-order chi connectivity index (χ1) is 14.4. The number of furan rings is 1. The van der Waals surface area contributed by atoms with Crippen LogP contribution in [0.25, 0.3) is 11.0 Å². The number of amides is 4. The van der Waals surface area contributed by atoms with Crippen LogP contribution in [0, 0.1) is 0 Å². The van der Waals surface area contributed by atoms with Crippen LogP contribution in [0.15, 0.2) is 45.7 Å². The van der Waals surface area contributed by atoms with Crippen molar-refractivity contribution in [1.29, 1.82) is 0 Å². The lowest BCUT2D eigenvalue weighted by Gasteiger charge is -2.04. The van der Waals surface area contributed by atoms with E-state index in [1.165, 1.54) is 12.3 Å². The molecule has 0 spiro atoms. The van der Waals surface area contributed by atoms with E-state index in [1.54, 1.807) is 31.2 Å². The van der Waals surface area contributed by atoms with E-state index in [1.807, 2.05) is 12.1 Å². The predicted molar refractivity (Wildman–Crippen MR) is 105 cm³/mol. The number of ether oxygens (including phenoxy) is 1. The maximum absolute atomic E-state index is 11.5. The normalized spacial score (nSPS) is 17.3. The van der Waals surface area contributed by atoms with E-state index in [-0.39, 0.29) is 17.2 Å². The van der Waals surface area contributed by atoms with E-state index in [9.17, 15) is 19.2 Å². The number of methoxy groups -OCH3 is 1. The first-order valence-corrected chi connectivity index (χ1v) is 9.02. The average molecular weight is 410 g/mol. The molecule has 3 aromatic rings. The Bertz CT molecular complexity index is 1230. The van der Waals surface area contributed by atoms with Crippen LogP contribution in [0.1, 0.15) is 27.7 Å². The van der Waals surface area contributed by atoms with Crippen molar-refractivity contribution in [3.63, 3.8) is 0 Å². The number of hydrogen-bond donors (Lipinski definition) is 3. The van der Waals surface area contributed by atoms with Gasteiger partial charge in [-0.1, -0.05) is 6.07 Å². The largest absolute Gasteiger partial charge is 0.497 e. The lowest BCUT2D eigenvalue weighted by molar-refractivity contribution is -0.120. The molecule has 154 valence electrons. The van der Waals surface area contributed by atoms with Crippen LogP contribution in [0.5, 0.6) is 5.75 Å². The van der Waals surface area contributed by atoms with E-state index in [0.29, 0.717) is 17.5 Å². The zero-order valence-corrected chi connectivity index (χ0v) is 16.1. The highest BCUT2D eigenvalue weighted by molar-refractivity contribution is 6.04. The van der Waals surface area contributed by atoms with Crippen LogP contribution in [0.3, 0.4) is 0 Å². The molecule has 2 aliphatic rings. The molecule has 1 fully saturated rings. The maximum Gasteiger partial charge on any atom is 0.322 e. The molecule has 30 heavy (non-hydrogen) atoms. The molecule has 1 saturated heterocycles. The van der Waals surface area contributed by atoms with E-state index >= 15 is 0 Å². The summed E-state index contributed by atoms with van der Waals surface area (Å²) in [5, 5.41) is 4.83. The van der Waals surface area contributed by atoms with Gasteiger partial charge in [0.25, 0.3) is 17.4 Å². The van der Waals surface area contributed by atoms with Crippen LogP contribution in [-0.4, -0.2) is 41.9 Å². The number of carbonyl (C=O) groups excluding carboxylic acids is 3. The van der Waals surface area contributed by atoms with Gasteiger partial charge in [0.2, 0.25) is 0 Å². The Hall–Kier alpha value is -4.08. The second kappa shape index (κ2) is 7.39. The summed E-state index contributed by atoms with van der Waals surface area (Å²) in [6.45, 7) is 0.707. The standard InChI is InChI=1S/C10H7N3O4.C10H11NO2/c14-8-4-3-6(17-5(4)1-2-11-8)7-9(15)13-10(16)12-7;1-11-6-7-3-4-8(13-2)5-9(7)10(11)12/h1-3,7H,(H,11,14)(H2,12,13,15,16);3-5H,6H2,1-2H3. The second-order valence-corrected chi connectivity index (χ2v) is 6.81. The molecule has 4 heterocycles. The van der Waals surface area contributed by atoms with Gasteiger partial charge in [0.1, 0.15) is 17.1 Å². The smallest absolute Gasteiger partial charge is 0.322 e. The SMILES string of the molecule is COc1ccc2c(c1)C(=O)N(C)C2.O=C1NC(=O)C(c2cc3c(=O)[nH]ccc3o2)N1. The van der Waals surface area contributed by atoms with Gasteiger partial charge in [0.15, 0.2) is 6.04 Å². The highest BCUT2D eigenvalue weighted by atomic mass is 16.5. The number of nitrogens with zero attached hydrogens (tertiary/aromatic N) is 1. The molecule has 1 unspecified atom stereocenters. The number of pyridine rings is 1. The van der Waals surface area contributed by atoms with Gasteiger partial charge in [-0.25, -0.2) is 4.79 Å². The molecule has 0 saturated carbocycles. The minimum Gasteiger partial charge on any atom is -0.497 e. The molecule has 1 atom stereocenters. The van der Waals surface area contributed by atoms with Gasteiger partial charge < -0.3 is 24.4 Å². The van der Waals surface area contributed by atoms with Crippen molar-refractivity contribution in [3.8, 4) is 5.75 Å². The molecule has 0 aliphatic carbocycles. The molecular formula is C20H18N4O6. The average Bonchev–Trinajstić information content (AvgIpc) is 3.38. The van der Waals surface area contributed by atoms with Gasteiger partial charge in [-0.3, -0.25) is 19.7 Å². The third-order valence-electron chi connectivity index (χ3n) is 4.83. The van der Waals surface area contributed by atoms with E-state index in [4.69, 9.17) is 9.15 Å². The molecule has 10 nitrogen and oxygen atoms in total. The quantitative estimate of drug-likeness (QED) is 0.545. The highest BCUT2D eigenvalue weighted by Gasteiger charge is 2.33. The summed E-state index contributed by atoms with van der Waals surface area (Å²) in [5.41, 5.74) is 1.91. The Morgan fingerprint density at radius 2 is 1.93 bits per heavy atom. The number of imide groups is 1. The fourth-order valence-corrected chi connectivity index (χ4v) is 3.31. The minimum absolute atomic E-state index is 0.0777. The zero-order valence-electron chi connectivity index (χ0n) is 16.1. The summed E-state index contributed by atoms with van der Waals surface area (Å²) in [5.74, 6) is 0.557. The van der Waals surface area contributed by atoms with Crippen LogP contribution in [0.4, 0.5) is 4.79 Å². The third-order valence-corrected chi connectivity index (χ3v) is 4.83. The Kier molecular flexibility index (Phi) is 4.74. The summed E-state index contributed by atoms with van der Waals surface area (Å²) >= 11 is 0. The van der Waals surface area contributed by atoms with Gasteiger partial charge in [0.05, 0.1) is 12.5 Å². The van der Waals surface area contributed by atoms with Crippen molar-refractivity contribution in [2.24, 2.45) is 0 Å². The van der Waals surface area contributed by atoms with Gasteiger partial charge >= 0.3 is 6.03 Å². The minimum atomic E-state index is -0.880. The molecular weight excluding hydrogens is 392 g/mol. The van der Waals surface area contributed by atoms with Gasteiger partial charge in [-0.15, -0.1) is 0 Å². The summed E-state index contributed by atoms with van der Waals surface area (Å²) in [7, 11) is 3.40. The highest BCUT2D eigenvalue weighted by Crippen LogP contribution is 2.25. The van der Waals surface area contributed by atoms with Crippen LogP contribution in [0.2, 0.25) is 0 Å². The molecule has 10 heteroatoms. The number of fused-ring (bicyclic) bond motifs is 2. The van der Waals surface area contributed by atoms with Crippen molar-refractivity contribution in [2.75, 3.05) is 14.2 Å². The Balaban J connectivity index is 0.000000151. The molecule has 0 radical (unpaired) electrons. The number of nitrogens with one attached hydrogen (secondary N) is 3. The Morgan fingerprint density at radius 1 is 1.13 bits per heavy atom. The number of aromatic nitrogens is 1. The van der Waals surface area contributed by atoms with Crippen molar-refractivity contribution in [1.82, 2.24) is 20.5 Å². The lowest BCUT2D eigenvalue weighted by atomic mass is 10.1. The number of urea groups is 1. The van der Waals surface area contributed by atoms with Gasteiger partial charge in [-0.2, -0.15) is 0 Å². The molecule has 2 aromatic heterocycles. The maximum atomic E-state index is 11.5. The van der Waals surface area contributed by atoms with E-state index in [2.05, 4.69) is 15.6 Å². The predicted octanol–water partition coefficient (Wildman–Crippen LogP) is 1.28. The topological polar surface area (TPSA) is 134 Å². The number of aromatic amines is 1. The van der Waals surface area contributed by atoms with Crippen molar-refractivity contribution in [3.05, 3.63) is 63.8 Å². The third kappa shape index (κ3) is 3.39. The van der Waals surface area contributed by atoms with Crippen molar-refractivity contribution in [2.45, 2.75) is 12.6 Å². The summed E-state index contributed by atoms with van der Waals surface area (Å²) < 4.78 is 10.4. The second-order valence-electron chi connectivity index (χ2n) is 6.81. The van der Waals surface area contributed by atoms with Crippen LogP contribution < -0.4 is 20.9 Å². The number of benzene rings is 1. The first-order valence-electron chi connectivity index (χ1n) is 9.02. The zero-order chi connectivity index (χ0) is 21.4. The summed E-state index contributed by atoms with van der Waals surface area (Å²) in [6.07, 6.45) is 1.45. The van der Waals surface area contributed by atoms with E-state index in [0.717, 1.165) is 16.9 Å². The monoisotopic (exact) mass is 410 g/mol. The number of H-pyrrole nitrogens is 1. The number of hydrogen-bond acceptors (Lipinski definition) is 6. The van der Waals surface area contributed by atoms with Crippen molar-refractivity contribution < 1.29 is 23.5 Å². The molecule has 4 amide bonds. The summed E-state index contributed by atoms with van der Waals surface area (Å²) in [4.78, 5) is 49.6. The molecule has 1 aromatic carbocycles. The lowest BCUT2D eigenvalue weighted by Crippen LogP contribution is -2.22. The van der Waals surface area contributed by atoms with Crippen molar-refractivity contribution >= 4 is 28.8 Å². The van der Waals surface area contributed by atoms with Crippen LogP contribution in [-0.2, 0) is 11.3 Å². The molecule has 2 aliphatic heterocycles. The Labute approximate surface area is 169 Å². The number of carbonyl (C=O) groups is 3. The fraction of sp³-hybridized carbons (Fsp3) is 0.200. The Morgan fingerprint density at radius 3 is 2.60 bits per heavy atom.